The first-order valence-corrected chi connectivity index (χ1v) is 7.78. The molecule has 3 nitrogen and oxygen atoms in total. The van der Waals surface area contributed by atoms with Crippen molar-refractivity contribution in [2.75, 3.05) is 19.6 Å². The van der Waals surface area contributed by atoms with Crippen molar-refractivity contribution in [1.29, 1.82) is 0 Å². The largest absolute Gasteiger partial charge is 0.508 e. The molecule has 2 atom stereocenters. The van der Waals surface area contributed by atoms with Crippen LogP contribution in [0.2, 0.25) is 0 Å². The Hall–Kier alpha value is -1.61. The Morgan fingerprint density at radius 2 is 2.33 bits per heavy atom. The number of carbonyl (C=O) groups is 1. The average molecular weight is 285 g/mol. The predicted octanol–water partition coefficient (Wildman–Crippen LogP) is 2.89. The van der Waals surface area contributed by atoms with E-state index in [1.165, 1.54) is 0 Å². The molecule has 2 fully saturated rings. The number of Topliss-reactive ketones (excluding diaryl/α,β-unsaturated/α-hetero) is 1. The van der Waals surface area contributed by atoms with E-state index >= 15 is 0 Å². The van der Waals surface area contributed by atoms with E-state index in [1.54, 1.807) is 6.07 Å². The van der Waals surface area contributed by atoms with Crippen LogP contribution in [0.4, 0.5) is 0 Å². The zero-order chi connectivity index (χ0) is 14.9. The van der Waals surface area contributed by atoms with Gasteiger partial charge in [0.2, 0.25) is 0 Å². The zero-order valence-corrected chi connectivity index (χ0v) is 12.4. The number of benzene rings is 1. The monoisotopic (exact) mass is 285 g/mol. The average Bonchev–Trinajstić information content (AvgIpc) is 2.48. The molecule has 0 amide bonds. The molecule has 0 unspecified atom stereocenters. The van der Waals surface area contributed by atoms with Crippen LogP contribution >= 0.6 is 0 Å². The van der Waals surface area contributed by atoms with Gasteiger partial charge >= 0.3 is 0 Å². The molecule has 0 spiro atoms. The van der Waals surface area contributed by atoms with E-state index in [1.807, 2.05) is 18.2 Å². The van der Waals surface area contributed by atoms with Gasteiger partial charge in [-0.2, -0.15) is 0 Å². The van der Waals surface area contributed by atoms with Gasteiger partial charge in [-0.25, -0.2) is 0 Å². The first kappa shape index (κ1) is 14.3. The Kier molecular flexibility index (Phi) is 3.85. The van der Waals surface area contributed by atoms with Crippen LogP contribution in [-0.4, -0.2) is 35.4 Å². The lowest BCUT2D eigenvalue weighted by molar-refractivity contribution is -0.125. The van der Waals surface area contributed by atoms with Gasteiger partial charge in [-0.1, -0.05) is 18.2 Å². The van der Waals surface area contributed by atoms with Gasteiger partial charge in [-0.15, -0.1) is 6.58 Å². The summed E-state index contributed by atoms with van der Waals surface area (Å²) in [6.45, 7) is 6.76. The highest BCUT2D eigenvalue weighted by Crippen LogP contribution is 2.48. The molecule has 1 N–H and O–H groups in total. The molecule has 1 aliphatic carbocycles. The first-order valence-electron chi connectivity index (χ1n) is 7.78. The number of carbonyl (C=O) groups excluding carboxylic acids is 1. The Bertz CT molecular complexity index is 554. The van der Waals surface area contributed by atoms with Crippen molar-refractivity contribution in [2.24, 2.45) is 5.92 Å². The standard InChI is InChI=1S/C18H23NO2/c1-2-9-19-10-8-18(14-4-3-5-16(20)11-14)12-17(21)7-6-15(18)13-19/h2-5,11,15,20H,1,6-10,12-13H2/t15-,18-/m1/s1. The summed E-state index contributed by atoms with van der Waals surface area (Å²) in [5.74, 6) is 1.16. The van der Waals surface area contributed by atoms with Crippen molar-refractivity contribution in [3.8, 4) is 5.75 Å². The first-order chi connectivity index (χ1) is 10.1. The van der Waals surface area contributed by atoms with Crippen molar-refractivity contribution in [3.05, 3.63) is 42.5 Å². The smallest absolute Gasteiger partial charge is 0.133 e. The van der Waals surface area contributed by atoms with Crippen molar-refractivity contribution < 1.29 is 9.90 Å². The van der Waals surface area contributed by atoms with Gasteiger partial charge in [0.1, 0.15) is 11.5 Å². The topological polar surface area (TPSA) is 40.5 Å². The molecule has 0 aromatic heterocycles. The molecular weight excluding hydrogens is 262 g/mol. The van der Waals surface area contributed by atoms with Crippen LogP contribution in [0.1, 0.15) is 31.2 Å². The second kappa shape index (κ2) is 5.64. The maximum absolute atomic E-state index is 12.1. The molecule has 1 aromatic rings. The van der Waals surface area contributed by atoms with Gasteiger partial charge in [0, 0.05) is 31.3 Å². The number of nitrogens with zero attached hydrogens (tertiary/aromatic N) is 1. The third-order valence-electron chi connectivity index (χ3n) is 5.23. The molecule has 1 aromatic carbocycles. The molecule has 2 aliphatic rings. The molecule has 1 saturated carbocycles. The molecule has 0 radical (unpaired) electrons. The Morgan fingerprint density at radius 3 is 3.10 bits per heavy atom. The minimum Gasteiger partial charge on any atom is -0.508 e. The summed E-state index contributed by atoms with van der Waals surface area (Å²) >= 11 is 0. The second-order valence-corrected chi connectivity index (χ2v) is 6.46. The number of phenols is 1. The minimum atomic E-state index is -0.0776. The van der Waals surface area contributed by atoms with E-state index < -0.39 is 0 Å². The number of aromatic hydroxyl groups is 1. The van der Waals surface area contributed by atoms with Crippen LogP contribution in [0.15, 0.2) is 36.9 Å². The quantitative estimate of drug-likeness (QED) is 0.868. The number of ketones is 1. The van der Waals surface area contributed by atoms with E-state index in [2.05, 4.69) is 17.5 Å². The number of hydrogen-bond donors (Lipinski definition) is 1. The normalized spacial score (nSPS) is 29.9. The number of fused-ring (bicyclic) bond motifs is 1. The molecule has 21 heavy (non-hydrogen) atoms. The maximum atomic E-state index is 12.1. The van der Waals surface area contributed by atoms with Gasteiger partial charge in [-0.05, 0) is 43.0 Å². The second-order valence-electron chi connectivity index (χ2n) is 6.46. The van der Waals surface area contributed by atoms with Crippen LogP contribution in [0.5, 0.6) is 5.75 Å². The molecule has 1 aliphatic heterocycles. The van der Waals surface area contributed by atoms with Gasteiger partial charge in [0.05, 0.1) is 0 Å². The van der Waals surface area contributed by atoms with E-state index in [0.29, 0.717) is 30.3 Å². The third-order valence-corrected chi connectivity index (χ3v) is 5.23. The summed E-state index contributed by atoms with van der Waals surface area (Å²) in [5.41, 5.74) is 1.06. The lowest BCUT2D eigenvalue weighted by Gasteiger charge is -2.50. The molecule has 3 rings (SSSR count). The summed E-state index contributed by atoms with van der Waals surface area (Å²) in [6.07, 6.45) is 5.23. The van der Waals surface area contributed by atoms with E-state index in [9.17, 15) is 9.90 Å². The Balaban J connectivity index is 1.95. The highest BCUT2D eigenvalue weighted by Gasteiger charge is 2.47. The number of likely N-dealkylation sites (tertiary alicyclic amines) is 1. The fraction of sp³-hybridized carbons (Fsp3) is 0.500. The van der Waals surface area contributed by atoms with Gasteiger partial charge in [-0.3, -0.25) is 9.69 Å². The van der Waals surface area contributed by atoms with Crippen LogP contribution < -0.4 is 0 Å². The molecular formula is C18H23NO2. The minimum absolute atomic E-state index is 0.0776. The van der Waals surface area contributed by atoms with Crippen molar-refractivity contribution >= 4 is 5.78 Å². The fourth-order valence-electron chi connectivity index (χ4n) is 4.16. The van der Waals surface area contributed by atoms with Gasteiger partial charge in [0.25, 0.3) is 0 Å². The van der Waals surface area contributed by atoms with E-state index in [4.69, 9.17) is 0 Å². The number of hydrogen-bond acceptors (Lipinski definition) is 3. The summed E-state index contributed by atoms with van der Waals surface area (Å²) in [4.78, 5) is 14.5. The molecule has 0 bridgehead atoms. The number of rotatable bonds is 3. The third kappa shape index (κ3) is 2.62. The SMILES string of the molecule is C=CCN1CC[C@]2(c3cccc(O)c3)CC(=O)CC[C@@H]2C1. The van der Waals surface area contributed by atoms with Gasteiger partial charge in [0.15, 0.2) is 0 Å². The lowest BCUT2D eigenvalue weighted by atomic mass is 9.59. The van der Waals surface area contributed by atoms with E-state index in [-0.39, 0.29) is 5.41 Å². The Morgan fingerprint density at radius 1 is 1.48 bits per heavy atom. The fourth-order valence-corrected chi connectivity index (χ4v) is 4.16. The molecule has 1 saturated heterocycles. The van der Waals surface area contributed by atoms with Crippen LogP contribution in [0, 0.1) is 5.92 Å². The van der Waals surface area contributed by atoms with Crippen LogP contribution in [0.3, 0.4) is 0 Å². The number of phenolic OH excluding ortho intramolecular Hbond substituents is 1. The summed E-state index contributed by atoms with van der Waals surface area (Å²) in [5, 5.41) is 9.82. The van der Waals surface area contributed by atoms with Crippen molar-refractivity contribution in [3.63, 3.8) is 0 Å². The number of piperidine rings is 1. The Labute approximate surface area is 126 Å². The highest BCUT2D eigenvalue weighted by molar-refractivity contribution is 5.81. The zero-order valence-electron chi connectivity index (χ0n) is 12.4. The van der Waals surface area contributed by atoms with Crippen LogP contribution in [0.25, 0.3) is 0 Å². The summed E-state index contributed by atoms with van der Waals surface area (Å²) in [6, 6.07) is 7.53. The molecule has 1 heterocycles. The summed E-state index contributed by atoms with van der Waals surface area (Å²) < 4.78 is 0. The lowest BCUT2D eigenvalue weighted by Crippen LogP contribution is -2.53. The highest BCUT2D eigenvalue weighted by atomic mass is 16.3. The van der Waals surface area contributed by atoms with Crippen molar-refractivity contribution in [2.45, 2.75) is 31.1 Å². The summed E-state index contributed by atoms with van der Waals surface area (Å²) in [7, 11) is 0. The molecule has 112 valence electrons. The van der Waals surface area contributed by atoms with Gasteiger partial charge < -0.3 is 5.11 Å². The predicted molar refractivity (Wildman–Crippen MR) is 83.4 cm³/mol. The van der Waals surface area contributed by atoms with E-state index in [0.717, 1.165) is 38.0 Å². The molecule has 3 heteroatoms. The van der Waals surface area contributed by atoms with Crippen molar-refractivity contribution in [1.82, 2.24) is 4.90 Å². The van der Waals surface area contributed by atoms with Crippen LogP contribution in [-0.2, 0) is 10.2 Å². The maximum Gasteiger partial charge on any atom is 0.133 e.